The van der Waals surface area contributed by atoms with Gasteiger partial charge in [0.05, 0.1) is 6.54 Å². The molecule has 1 aromatic heterocycles. The Balaban J connectivity index is 0.00000208. The van der Waals surface area contributed by atoms with E-state index < -0.39 is 0 Å². The van der Waals surface area contributed by atoms with Gasteiger partial charge in [0.25, 0.3) is 0 Å². The molecule has 1 fully saturated rings. The molecule has 2 aromatic rings. The molecule has 0 bridgehead atoms. The van der Waals surface area contributed by atoms with Crippen molar-refractivity contribution in [2.24, 2.45) is 4.99 Å². The van der Waals surface area contributed by atoms with Gasteiger partial charge in [-0.25, -0.2) is 4.39 Å². The molecule has 3 rings (SSSR count). The normalized spacial score (nSPS) is 15.5. The summed E-state index contributed by atoms with van der Waals surface area (Å²) < 4.78 is 14.0. The van der Waals surface area contributed by atoms with Crippen molar-refractivity contribution in [3.8, 4) is 0 Å². The fraction of sp³-hybridized carbons (Fsp3) is 0.389. The fourth-order valence-corrected chi connectivity index (χ4v) is 3.65. The molecule has 6 heteroatoms. The quantitative estimate of drug-likeness (QED) is 0.399. The largest absolute Gasteiger partial charge is 0.356 e. The molecular weight excluding hydrogens is 436 g/mol. The number of nitrogens with zero attached hydrogens (tertiary/aromatic N) is 1. The molecule has 2 N–H and O–H groups in total. The van der Waals surface area contributed by atoms with Crippen molar-refractivity contribution >= 4 is 41.3 Å². The third-order valence-electron chi connectivity index (χ3n) is 4.50. The average Bonchev–Trinajstić information content (AvgIpc) is 3.23. The smallest absolute Gasteiger partial charge is 0.191 e. The van der Waals surface area contributed by atoms with E-state index in [1.807, 2.05) is 12.1 Å². The summed E-state index contributed by atoms with van der Waals surface area (Å²) >= 11 is 1.74. The van der Waals surface area contributed by atoms with Gasteiger partial charge in [0.1, 0.15) is 5.82 Å². The first-order valence-corrected chi connectivity index (χ1v) is 8.75. The van der Waals surface area contributed by atoms with Gasteiger partial charge >= 0.3 is 0 Å². The van der Waals surface area contributed by atoms with Crippen LogP contribution in [-0.2, 0) is 12.0 Å². The first-order chi connectivity index (χ1) is 11.1. The monoisotopic (exact) mass is 459 g/mol. The maximum absolute atomic E-state index is 14.0. The highest BCUT2D eigenvalue weighted by Crippen LogP contribution is 2.48. The number of rotatable bonds is 5. The summed E-state index contributed by atoms with van der Waals surface area (Å²) in [4.78, 5) is 5.58. The van der Waals surface area contributed by atoms with Crippen LogP contribution in [0, 0.1) is 12.7 Å². The van der Waals surface area contributed by atoms with Crippen LogP contribution in [0.15, 0.2) is 40.7 Å². The highest BCUT2D eigenvalue weighted by molar-refractivity contribution is 14.0. The molecule has 1 aromatic carbocycles. The van der Waals surface area contributed by atoms with Crippen LogP contribution < -0.4 is 10.6 Å². The molecule has 130 valence electrons. The van der Waals surface area contributed by atoms with Crippen LogP contribution in [0.2, 0.25) is 0 Å². The molecule has 1 aliphatic rings. The van der Waals surface area contributed by atoms with Crippen molar-refractivity contribution in [3.05, 3.63) is 57.5 Å². The van der Waals surface area contributed by atoms with Crippen LogP contribution in [0.3, 0.4) is 0 Å². The Bertz CT molecular complexity index is 710. The number of halogens is 2. The predicted octanol–water partition coefficient (Wildman–Crippen LogP) is 4.21. The van der Waals surface area contributed by atoms with Gasteiger partial charge in [0, 0.05) is 23.9 Å². The van der Waals surface area contributed by atoms with Crippen LogP contribution in [0.5, 0.6) is 0 Å². The Morgan fingerprint density at radius 1 is 1.25 bits per heavy atom. The minimum Gasteiger partial charge on any atom is -0.356 e. The maximum atomic E-state index is 14.0. The molecular formula is C18H23FIN3S. The minimum atomic E-state index is -0.107. The number of aliphatic imine (C=N–C) groups is 1. The lowest BCUT2D eigenvalue weighted by Gasteiger charge is -2.19. The SMILES string of the molecule is CN=C(NCc1sccc1C)NCC1(c2ccccc2F)CC1.I. The second kappa shape index (κ2) is 8.29. The molecule has 0 spiro atoms. The van der Waals surface area contributed by atoms with Crippen LogP contribution in [0.25, 0.3) is 0 Å². The number of aryl methyl sites for hydroxylation is 1. The highest BCUT2D eigenvalue weighted by atomic mass is 127. The maximum Gasteiger partial charge on any atom is 0.191 e. The van der Waals surface area contributed by atoms with Gasteiger partial charge in [-0.15, -0.1) is 35.3 Å². The molecule has 0 amide bonds. The topological polar surface area (TPSA) is 36.4 Å². The number of thiophene rings is 1. The summed E-state index contributed by atoms with van der Waals surface area (Å²) in [7, 11) is 1.76. The van der Waals surface area contributed by atoms with Crippen molar-refractivity contribution in [2.75, 3.05) is 13.6 Å². The van der Waals surface area contributed by atoms with Gasteiger partial charge in [-0.2, -0.15) is 0 Å². The van der Waals surface area contributed by atoms with Crippen LogP contribution in [0.4, 0.5) is 4.39 Å². The van der Waals surface area contributed by atoms with Crippen LogP contribution in [0.1, 0.15) is 28.8 Å². The molecule has 0 radical (unpaired) electrons. The van der Waals surface area contributed by atoms with E-state index >= 15 is 0 Å². The lowest BCUT2D eigenvalue weighted by molar-refractivity contribution is 0.560. The van der Waals surface area contributed by atoms with Gasteiger partial charge < -0.3 is 10.6 Å². The Labute approximate surface area is 163 Å². The van der Waals surface area contributed by atoms with Gasteiger partial charge in [-0.05, 0) is 48.4 Å². The van der Waals surface area contributed by atoms with E-state index in [9.17, 15) is 4.39 Å². The van der Waals surface area contributed by atoms with Gasteiger partial charge in [-0.3, -0.25) is 4.99 Å². The van der Waals surface area contributed by atoms with E-state index in [2.05, 4.69) is 34.0 Å². The summed E-state index contributed by atoms with van der Waals surface area (Å²) in [6.07, 6.45) is 2.03. The Morgan fingerprint density at radius 2 is 2.00 bits per heavy atom. The Morgan fingerprint density at radius 3 is 2.58 bits per heavy atom. The molecule has 1 saturated carbocycles. The van der Waals surface area contributed by atoms with E-state index in [1.54, 1.807) is 30.5 Å². The zero-order chi connectivity index (χ0) is 16.3. The molecule has 24 heavy (non-hydrogen) atoms. The summed E-state index contributed by atoms with van der Waals surface area (Å²) in [6, 6.07) is 9.21. The number of benzene rings is 1. The molecule has 1 heterocycles. The highest BCUT2D eigenvalue weighted by Gasteiger charge is 2.45. The summed E-state index contributed by atoms with van der Waals surface area (Å²) in [5, 5.41) is 8.79. The zero-order valence-electron chi connectivity index (χ0n) is 13.9. The Hall–Kier alpha value is -1.15. The second-order valence-electron chi connectivity index (χ2n) is 6.07. The number of hydrogen-bond acceptors (Lipinski definition) is 2. The summed E-state index contributed by atoms with van der Waals surface area (Å²) in [6.45, 7) is 3.58. The molecule has 3 nitrogen and oxygen atoms in total. The van der Waals surface area contributed by atoms with Crippen LogP contribution in [-0.4, -0.2) is 19.6 Å². The molecule has 0 atom stereocenters. The van der Waals surface area contributed by atoms with E-state index in [0.29, 0.717) is 6.54 Å². The lowest BCUT2D eigenvalue weighted by Crippen LogP contribution is -2.41. The molecule has 0 aliphatic heterocycles. The number of guanidine groups is 1. The minimum absolute atomic E-state index is 0. The molecule has 0 unspecified atom stereocenters. The third kappa shape index (κ3) is 4.27. The van der Waals surface area contributed by atoms with Gasteiger partial charge in [0.2, 0.25) is 0 Å². The Kier molecular flexibility index (Phi) is 6.62. The van der Waals surface area contributed by atoms with Crippen molar-refractivity contribution in [3.63, 3.8) is 0 Å². The van der Waals surface area contributed by atoms with E-state index in [0.717, 1.165) is 30.9 Å². The van der Waals surface area contributed by atoms with Crippen molar-refractivity contribution in [2.45, 2.75) is 31.7 Å². The average molecular weight is 459 g/mol. The second-order valence-corrected chi connectivity index (χ2v) is 7.07. The third-order valence-corrected chi connectivity index (χ3v) is 5.52. The molecule has 1 aliphatic carbocycles. The zero-order valence-corrected chi connectivity index (χ0v) is 17.1. The number of hydrogen-bond donors (Lipinski definition) is 2. The molecule has 0 saturated heterocycles. The van der Waals surface area contributed by atoms with E-state index in [1.165, 1.54) is 10.4 Å². The van der Waals surface area contributed by atoms with Gasteiger partial charge in [0.15, 0.2) is 5.96 Å². The standard InChI is InChI=1S/C18H22FN3S.HI/c1-13-7-10-23-16(13)11-21-17(20-2)22-12-18(8-9-18)14-5-3-4-6-15(14)19;/h3-7,10H,8-9,11-12H2,1-2H3,(H2,20,21,22);1H. The summed E-state index contributed by atoms with van der Waals surface area (Å²) in [5.74, 6) is 0.657. The van der Waals surface area contributed by atoms with Crippen molar-refractivity contribution in [1.29, 1.82) is 0 Å². The number of nitrogens with one attached hydrogen (secondary N) is 2. The van der Waals surface area contributed by atoms with Gasteiger partial charge in [-0.1, -0.05) is 18.2 Å². The predicted molar refractivity (Wildman–Crippen MR) is 110 cm³/mol. The first-order valence-electron chi connectivity index (χ1n) is 7.87. The first kappa shape index (κ1) is 19.2. The van der Waals surface area contributed by atoms with Crippen molar-refractivity contribution in [1.82, 2.24) is 10.6 Å². The van der Waals surface area contributed by atoms with E-state index in [-0.39, 0.29) is 35.2 Å². The summed E-state index contributed by atoms with van der Waals surface area (Å²) in [5.41, 5.74) is 2.03. The van der Waals surface area contributed by atoms with Crippen molar-refractivity contribution < 1.29 is 4.39 Å². The van der Waals surface area contributed by atoms with Crippen LogP contribution >= 0.6 is 35.3 Å². The van der Waals surface area contributed by atoms with E-state index in [4.69, 9.17) is 0 Å². The fourth-order valence-electron chi connectivity index (χ4n) is 2.81. The lowest BCUT2D eigenvalue weighted by atomic mass is 9.95.